The Labute approximate surface area is 654 Å². The number of hydrogen-bond acceptors (Lipinski definition) is 42. The van der Waals surface area contributed by atoms with E-state index < -0.39 is 79.4 Å². The van der Waals surface area contributed by atoms with E-state index in [0.717, 1.165) is 24.3 Å². The van der Waals surface area contributed by atoms with Gasteiger partial charge in [-0.1, -0.05) is 48.9 Å². The van der Waals surface area contributed by atoms with Crippen LogP contribution in [0.4, 0.5) is 68.2 Å². The molecule has 40 nitrogen and oxygen atoms in total. The van der Waals surface area contributed by atoms with E-state index in [4.69, 9.17) is 41.7 Å². The quantitative estimate of drug-likeness (QED) is 0.00445. The summed E-state index contributed by atoms with van der Waals surface area (Å²) >= 11 is 9.33. The molecule has 11 rings (SSSR count). The number of phenols is 4. The number of benzene rings is 11. The number of halogens is 1. The number of fused-ring (bicyclic) bond motifs is 4. The highest BCUT2D eigenvalue weighted by atomic mass is 35.5. The zero-order valence-electron chi connectivity index (χ0n) is 55.8. The van der Waals surface area contributed by atoms with Crippen LogP contribution in [0.3, 0.4) is 0 Å². The van der Waals surface area contributed by atoms with Crippen molar-refractivity contribution in [1.29, 1.82) is 0 Å². The van der Waals surface area contributed by atoms with Crippen molar-refractivity contribution in [2.45, 2.75) is 54.5 Å². The van der Waals surface area contributed by atoms with E-state index in [1.807, 2.05) is 0 Å². The summed E-state index contributed by atoms with van der Waals surface area (Å²) in [7, 11) is -15.3. The predicted octanol–water partition coefficient (Wildman–Crippen LogP) is 20.5. The van der Waals surface area contributed by atoms with Crippen LogP contribution < -0.4 is 10.1 Å². The Hall–Kier alpha value is -9.57. The monoisotopic (exact) mass is 1710 g/mol. The molecule has 0 atom stereocenters. The molecule has 112 heavy (non-hydrogen) atoms. The van der Waals surface area contributed by atoms with E-state index in [-0.39, 0.29) is 134 Å². The summed E-state index contributed by atoms with van der Waals surface area (Å²) in [5.74, 6) is -2.65. The third-order valence-electron chi connectivity index (χ3n) is 15.4. The Morgan fingerprint density at radius 2 is 1.02 bits per heavy atom. The number of hydrogen-bond donors (Lipinski definition) is 13. The summed E-state index contributed by atoms with van der Waals surface area (Å²) in [6.07, 6.45) is 0.197. The molecule has 0 fully saturated rings. The lowest BCUT2D eigenvalue weighted by molar-refractivity contribution is -0.432. The first-order valence-electron chi connectivity index (χ1n) is 30.5. The van der Waals surface area contributed by atoms with Gasteiger partial charge in [0.15, 0.2) is 17.2 Å². The maximum Gasteiger partial charge on any atom is 0.296 e. The molecule has 0 unspecified atom stereocenters. The molecule has 0 saturated carbocycles. The van der Waals surface area contributed by atoms with Crippen LogP contribution >= 0.6 is 71.8 Å². The van der Waals surface area contributed by atoms with Gasteiger partial charge in [0.2, 0.25) is 0 Å². The first-order chi connectivity index (χ1) is 53.6. The summed E-state index contributed by atoms with van der Waals surface area (Å²) < 4.78 is 135. The van der Waals surface area contributed by atoms with Gasteiger partial charge in [-0.15, -0.1) is 57.5 Å². The molecule has 0 radical (unpaired) electrons. The lowest BCUT2D eigenvalue weighted by atomic mass is 10.0. The second-order valence-corrected chi connectivity index (χ2v) is 30.8. The molecule has 0 aliphatic rings. The molecule has 584 valence electrons. The second kappa shape index (κ2) is 36.9. The van der Waals surface area contributed by atoms with Crippen molar-refractivity contribution in [3.05, 3.63) is 156 Å². The average Bonchev–Trinajstić information content (AvgIpc) is 0.762. The molecule has 0 bridgehead atoms. The Morgan fingerprint density at radius 3 is 1.70 bits per heavy atom. The van der Waals surface area contributed by atoms with E-state index in [1.54, 1.807) is 37.3 Å². The molecule has 0 spiro atoms. The topological polar surface area (TPSA) is 582 Å². The van der Waals surface area contributed by atoms with Gasteiger partial charge < -0.3 is 30.5 Å². The summed E-state index contributed by atoms with van der Waals surface area (Å²) in [6, 6.07) is 30.4. The number of aryl methyl sites for hydroxylation is 2. The summed E-state index contributed by atoms with van der Waals surface area (Å²) in [4.78, 5) is -1.76. The van der Waals surface area contributed by atoms with Crippen molar-refractivity contribution in [3.8, 4) is 28.7 Å². The predicted molar refractivity (Wildman–Crippen MR) is 400 cm³/mol. The fourth-order valence-electron chi connectivity index (χ4n) is 10.5. The second-order valence-electron chi connectivity index (χ2n) is 22.4. The Morgan fingerprint density at radius 1 is 0.438 bits per heavy atom. The minimum Gasteiger partial charge on any atom is -0.507 e. The van der Waals surface area contributed by atoms with Gasteiger partial charge in [-0.05, 0) is 163 Å². The maximum atomic E-state index is 13.3. The Kier molecular flexibility index (Phi) is 27.5. The molecule has 11 aromatic rings. The number of anilines is 2. The van der Waals surface area contributed by atoms with Gasteiger partial charge in [-0.25, -0.2) is 26.3 Å². The molecule has 0 heterocycles. The van der Waals surface area contributed by atoms with E-state index >= 15 is 0 Å². The number of ether oxygens (including phenoxy) is 1. The highest BCUT2D eigenvalue weighted by Gasteiger charge is 2.27. The summed E-state index contributed by atoms with van der Waals surface area (Å²) in [5.41, 5.74) is -0.434. The number of nitrogens with one attached hydrogen (secondary N) is 1. The summed E-state index contributed by atoms with van der Waals surface area (Å²) in [6.45, 7) is 2.99. The zero-order chi connectivity index (χ0) is 80.2. The van der Waals surface area contributed by atoms with Gasteiger partial charge in [-0.2, -0.15) is 40.6 Å². The van der Waals surface area contributed by atoms with Crippen LogP contribution in [0.25, 0.3) is 43.1 Å². The fourth-order valence-corrected chi connectivity index (χ4v) is 14.9. The van der Waals surface area contributed by atoms with Gasteiger partial charge in [0, 0.05) is 67.0 Å². The van der Waals surface area contributed by atoms with Crippen molar-refractivity contribution in [1.82, 2.24) is 0 Å². The van der Waals surface area contributed by atoms with Crippen LogP contribution in [0.1, 0.15) is 17.5 Å². The van der Waals surface area contributed by atoms with Crippen LogP contribution in [0.2, 0.25) is 5.02 Å². The van der Waals surface area contributed by atoms with Crippen LogP contribution in [-0.2, 0) is 77.2 Å². The first-order valence-corrected chi connectivity index (χ1v) is 39.0. The van der Waals surface area contributed by atoms with Crippen molar-refractivity contribution < 1.29 is 137 Å². The van der Waals surface area contributed by atoms with E-state index in [0.29, 0.717) is 92.7 Å². The molecular formula is C63H48ClN11O29S8. The normalized spacial score (nSPS) is 12.5. The standard InChI is InChI=1S/C63H48ClN11O29S8/c1-29-16-48(51(94-13-4-14-105-100-95-80)28-47(29)68-70-49-25-39(110(85,86)87)18-33-19-40(111(88,89)90)26-50(76)55(33)49)69-75-60-54(112(91,92)93)21-32-17-35(9-10-41(32)61(60)77)66-72-57-44-27-53(109-104-99-84)59(62(78)42(44)11-12-46(57)65-34-5-3-6-37(22-34)106-101-96-81)73-67-36-8-7-31-20-52(108-103-98-83)58(63(79)43(31)23-36)74-71-56-30(2)15-38(24-45(56)64)107-102-97-82/h3,5-12,15-28,65,76-84H,4,13-14H2,1-2H3,(H,85,86,87)(H,88,89,90)(H,91,92,93). The molecule has 0 aliphatic carbocycles. The third kappa shape index (κ3) is 20.1. The van der Waals surface area contributed by atoms with Crippen molar-refractivity contribution in [2.24, 2.45) is 51.1 Å². The van der Waals surface area contributed by atoms with E-state index in [1.165, 1.54) is 85.8 Å². The van der Waals surface area contributed by atoms with Crippen molar-refractivity contribution >= 4 is 214 Å². The minimum atomic E-state index is -5.32. The number of azo groups is 5. The van der Waals surface area contributed by atoms with Crippen LogP contribution in [-0.4, -0.2) is 98.0 Å². The third-order valence-corrected chi connectivity index (χ3v) is 21.2. The number of phenolic OH excluding ortho intramolecular Hbond substituents is 4. The van der Waals surface area contributed by atoms with Crippen LogP contribution in [0.15, 0.2) is 225 Å². The number of rotatable bonds is 34. The number of aromatic hydroxyl groups is 4. The molecule has 13 N–H and O–H groups in total. The minimum absolute atomic E-state index is 0.0253. The molecule has 0 aromatic heterocycles. The van der Waals surface area contributed by atoms with Gasteiger partial charge in [0.05, 0.1) is 113 Å². The van der Waals surface area contributed by atoms with Gasteiger partial charge in [0.1, 0.15) is 50.5 Å². The molecule has 0 saturated heterocycles. The Bertz CT molecular complexity index is 5980. The summed E-state index contributed by atoms with van der Waals surface area (Å²) in [5, 5.41) is 156. The smallest absolute Gasteiger partial charge is 0.296 e. The van der Waals surface area contributed by atoms with Crippen molar-refractivity contribution in [3.63, 3.8) is 0 Å². The molecule has 11 aromatic carbocycles. The van der Waals surface area contributed by atoms with Gasteiger partial charge in [-0.3, -0.25) is 13.7 Å². The van der Waals surface area contributed by atoms with Crippen molar-refractivity contribution in [2.75, 3.05) is 17.7 Å². The molecule has 49 heteroatoms. The fraction of sp³-hybridized carbons (Fsp3) is 0.0794. The highest BCUT2D eigenvalue weighted by Crippen LogP contribution is 2.52. The zero-order valence-corrected chi connectivity index (χ0v) is 63.1. The largest absolute Gasteiger partial charge is 0.507 e. The lowest BCUT2D eigenvalue weighted by Gasteiger charge is -2.15. The number of nitrogens with zero attached hydrogens (tertiary/aromatic N) is 10. The Balaban J connectivity index is 0.963. The van der Waals surface area contributed by atoms with Gasteiger partial charge >= 0.3 is 0 Å². The maximum absolute atomic E-state index is 13.3. The van der Waals surface area contributed by atoms with E-state index in [9.17, 15) is 64.6 Å². The molecule has 0 amide bonds. The molecule has 0 aliphatic heterocycles. The van der Waals surface area contributed by atoms with E-state index in [2.05, 4.69) is 99.0 Å². The average molecular weight is 1720 g/mol. The highest BCUT2D eigenvalue weighted by molar-refractivity contribution is 7.95. The molecular weight excluding hydrogens is 1670 g/mol. The van der Waals surface area contributed by atoms with Crippen LogP contribution in [0, 0.1) is 13.8 Å². The van der Waals surface area contributed by atoms with Crippen LogP contribution in [0.5, 0.6) is 28.7 Å². The SMILES string of the molecule is Cc1cc(N=Nc2c(S(=O)(=O)O)cc3cc(N=Nc4c(Nc5cccc(SOOO)c5)ccc5c(O)c(N=Nc6ccc7cc(SOOO)c(N=Nc8c(C)cc(SOOO)cc8Cl)c(O)c7c6)c(SOOO)cc45)ccc3c2O)c(OCCCSOOO)cc1N=Nc1cc(S(=O)(=O)O)cc2cc(S(=O)(=O)O)cc(O)c12. The first kappa shape index (κ1) is 83.4. The lowest BCUT2D eigenvalue weighted by Crippen LogP contribution is -2.00. The van der Waals surface area contributed by atoms with Gasteiger partial charge in [0.25, 0.3) is 30.4 Å².